The second-order valence-corrected chi connectivity index (χ2v) is 7.83. The molecule has 0 radical (unpaired) electrons. The number of hydrogen-bond donors (Lipinski definition) is 0. The van der Waals surface area contributed by atoms with E-state index in [9.17, 15) is 9.18 Å². The van der Waals surface area contributed by atoms with Crippen molar-refractivity contribution in [1.82, 2.24) is 14.4 Å². The van der Waals surface area contributed by atoms with Crippen LogP contribution in [-0.4, -0.2) is 59.5 Å². The normalized spacial score (nSPS) is 21.0. The van der Waals surface area contributed by atoms with Gasteiger partial charge in [0.1, 0.15) is 5.82 Å². The lowest BCUT2D eigenvalue weighted by Crippen LogP contribution is -2.48. The van der Waals surface area contributed by atoms with Crippen LogP contribution in [0.15, 0.2) is 36.5 Å². The molecular formula is C22H29FN4O. The molecule has 150 valence electrons. The largest absolute Gasteiger partial charge is 0.369 e. The average molecular weight is 384 g/mol. The van der Waals surface area contributed by atoms with Gasteiger partial charge in [-0.1, -0.05) is 13.0 Å². The van der Waals surface area contributed by atoms with E-state index in [1.54, 1.807) is 12.1 Å². The van der Waals surface area contributed by atoms with E-state index in [1.807, 2.05) is 30.3 Å². The highest BCUT2D eigenvalue weighted by Gasteiger charge is 2.34. The summed E-state index contributed by atoms with van der Waals surface area (Å²) in [5, 5.41) is 0. The van der Waals surface area contributed by atoms with E-state index in [0.717, 1.165) is 69.1 Å². The number of nitrogens with zero attached hydrogens (tertiary/aromatic N) is 4. The van der Waals surface area contributed by atoms with Crippen molar-refractivity contribution in [2.75, 3.05) is 44.2 Å². The van der Waals surface area contributed by atoms with Gasteiger partial charge >= 0.3 is 0 Å². The van der Waals surface area contributed by atoms with Gasteiger partial charge in [0.05, 0.1) is 11.6 Å². The van der Waals surface area contributed by atoms with E-state index in [1.165, 1.54) is 6.07 Å². The van der Waals surface area contributed by atoms with Crippen LogP contribution in [0.4, 0.5) is 10.1 Å². The predicted octanol–water partition coefficient (Wildman–Crippen LogP) is 3.28. The van der Waals surface area contributed by atoms with E-state index < -0.39 is 0 Å². The van der Waals surface area contributed by atoms with Crippen molar-refractivity contribution in [3.8, 4) is 0 Å². The Kier molecular flexibility index (Phi) is 5.40. The maximum Gasteiger partial charge on any atom is 0.255 e. The summed E-state index contributed by atoms with van der Waals surface area (Å²) in [7, 11) is 2.04. The lowest BCUT2D eigenvalue weighted by Gasteiger charge is -2.40. The molecule has 1 fully saturated rings. The van der Waals surface area contributed by atoms with Gasteiger partial charge in [0.15, 0.2) is 0 Å². The average Bonchev–Trinajstić information content (AvgIpc) is 3.02. The third-order valence-electron chi connectivity index (χ3n) is 6.05. The van der Waals surface area contributed by atoms with Gasteiger partial charge in [0.2, 0.25) is 0 Å². The summed E-state index contributed by atoms with van der Waals surface area (Å²) >= 11 is 0. The van der Waals surface area contributed by atoms with Crippen LogP contribution in [0.2, 0.25) is 0 Å². The fourth-order valence-corrected chi connectivity index (χ4v) is 4.63. The molecule has 1 unspecified atom stereocenters. The third-order valence-corrected chi connectivity index (χ3v) is 6.05. The molecule has 6 heteroatoms. The van der Waals surface area contributed by atoms with Gasteiger partial charge in [-0.2, -0.15) is 0 Å². The number of aryl methyl sites for hydroxylation is 1. The zero-order chi connectivity index (χ0) is 19.7. The first-order chi connectivity index (χ1) is 13.6. The Morgan fingerprint density at radius 2 is 1.89 bits per heavy atom. The monoisotopic (exact) mass is 384 g/mol. The van der Waals surface area contributed by atoms with Crippen LogP contribution in [0.1, 0.15) is 41.9 Å². The minimum Gasteiger partial charge on any atom is -0.369 e. The fraction of sp³-hybridized carbons (Fsp3) is 0.500. The number of aromatic nitrogens is 1. The Hall–Kier alpha value is -2.34. The lowest BCUT2D eigenvalue weighted by molar-refractivity contribution is 0.0752. The van der Waals surface area contributed by atoms with Gasteiger partial charge in [0.25, 0.3) is 5.91 Å². The van der Waals surface area contributed by atoms with Crippen molar-refractivity contribution in [1.29, 1.82) is 0 Å². The standard InChI is InChI=1S/C22H29FN4O/c1-3-9-27-11-8-20(21-19(22(27)28)7-10-24(21)2)26-14-12-25(13-15-26)18-6-4-5-17(23)16-18/h4-7,10,16,20H,3,8-9,11-15H2,1-2H3. The van der Waals surface area contributed by atoms with Crippen LogP contribution in [-0.2, 0) is 7.05 Å². The topological polar surface area (TPSA) is 31.7 Å². The van der Waals surface area contributed by atoms with Crippen molar-refractivity contribution < 1.29 is 9.18 Å². The zero-order valence-electron chi connectivity index (χ0n) is 16.8. The molecule has 0 saturated carbocycles. The second-order valence-electron chi connectivity index (χ2n) is 7.83. The molecule has 2 aliphatic rings. The van der Waals surface area contributed by atoms with E-state index in [2.05, 4.69) is 21.3 Å². The van der Waals surface area contributed by atoms with Crippen LogP contribution < -0.4 is 4.90 Å². The Morgan fingerprint density at radius 3 is 2.61 bits per heavy atom. The number of hydrogen-bond acceptors (Lipinski definition) is 3. The molecule has 1 saturated heterocycles. The first-order valence-corrected chi connectivity index (χ1v) is 10.3. The molecule has 0 bridgehead atoms. The molecule has 1 aromatic heterocycles. The van der Waals surface area contributed by atoms with Crippen LogP contribution in [0.5, 0.6) is 0 Å². The van der Waals surface area contributed by atoms with Crippen LogP contribution in [0.3, 0.4) is 0 Å². The SMILES string of the molecule is CCCN1CCC(N2CCN(c3cccc(F)c3)CC2)c2c(ccn2C)C1=O. The van der Waals surface area contributed by atoms with Crippen LogP contribution in [0, 0.1) is 5.82 Å². The molecule has 4 rings (SSSR count). The Balaban J connectivity index is 1.52. The fourth-order valence-electron chi connectivity index (χ4n) is 4.63. The number of halogens is 1. The first-order valence-electron chi connectivity index (χ1n) is 10.3. The molecule has 0 spiro atoms. The number of anilines is 1. The molecule has 1 atom stereocenters. The number of amides is 1. The molecule has 1 aromatic carbocycles. The van der Waals surface area contributed by atoms with Gasteiger partial charge in [0, 0.05) is 63.9 Å². The summed E-state index contributed by atoms with van der Waals surface area (Å²) in [6.07, 6.45) is 3.94. The molecule has 1 amide bonds. The minimum atomic E-state index is -0.188. The van der Waals surface area contributed by atoms with E-state index >= 15 is 0 Å². The lowest BCUT2D eigenvalue weighted by atomic mass is 10.0. The third kappa shape index (κ3) is 3.53. The number of carbonyl (C=O) groups excluding carboxylic acids is 1. The van der Waals surface area contributed by atoms with Gasteiger partial charge in [-0.15, -0.1) is 0 Å². The summed E-state index contributed by atoms with van der Waals surface area (Å²) in [5.41, 5.74) is 2.94. The smallest absolute Gasteiger partial charge is 0.255 e. The van der Waals surface area contributed by atoms with Crippen molar-refractivity contribution >= 4 is 11.6 Å². The number of benzene rings is 1. The van der Waals surface area contributed by atoms with Crippen molar-refractivity contribution in [3.63, 3.8) is 0 Å². The van der Waals surface area contributed by atoms with Gasteiger partial charge in [-0.05, 0) is 37.1 Å². The molecule has 2 aliphatic heterocycles. The molecule has 3 heterocycles. The molecule has 28 heavy (non-hydrogen) atoms. The van der Waals surface area contributed by atoms with Gasteiger partial charge in [-0.3, -0.25) is 9.69 Å². The first kappa shape index (κ1) is 19.0. The van der Waals surface area contributed by atoms with E-state index in [-0.39, 0.29) is 17.8 Å². The maximum atomic E-state index is 13.6. The van der Waals surface area contributed by atoms with Crippen molar-refractivity contribution in [3.05, 3.63) is 53.6 Å². The highest BCUT2D eigenvalue weighted by Crippen LogP contribution is 2.33. The maximum absolute atomic E-state index is 13.6. The van der Waals surface area contributed by atoms with Crippen LogP contribution >= 0.6 is 0 Å². The summed E-state index contributed by atoms with van der Waals surface area (Å²) in [6.45, 7) is 7.29. The number of carbonyl (C=O) groups is 1. The number of fused-ring (bicyclic) bond motifs is 1. The summed E-state index contributed by atoms with van der Waals surface area (Å²) < 4.78 is 15.7. The van der Waals surface area contributed by atoms with E-state index in [0.29, 0.717) is 0 Å². The summed E-state index contributed by atoms with van der Waals surface area (Å²) in [5.74, 6) is -0.0231. The highest BCUT2D eigenvalue weighted by molar-refractivity contribution is 5.96. The molecule has 2 aromatic rings. The highest BCUT2D eigenvalue weighted by atomic mass is 19.1. The summed E-state index contributed by atoms with van der Waals surface area (Å²) in [6, 6.07) is 9.06. The minimum absolute atomic E-state index is 0.165. The van der Waals surface area contributed by atoms with Crippen LogP contribution in [0.25, 0.3) is 0 Å². The molecular weight excluding hydrogens is 355 g/mol. The van der Waals surface area contributed by atoms with E-state index in [4.69, 9.17) is 0 Å². The molecule has 0 N–H and O–H groups in total. The second kappa shape index (κ2) is 7.95. The Morgan fingerprint density at radius 1 is 1.11 bits per heavy atom. The Bertz CT molecular complexity index is 841. The molecule has 0 aliphatic carbocycles. The van der Waals surface area contributed by atoms with Crippen molar-refractivity contribution in [2.45, 2.75) is 25.8 Å². The molecule has 5 nitrogen and oxygen atoms in total. The Labute approximate surface area is 166 Å². The van der Waals surface area contributed by atoms with Crippen molar-refractivity contribution in [2.24, 2.45) is 7.05 Å². The zero-order valence-corrected chi connectivity index (χ0v) is 16.8. The number of rotatable bonds is 4. The van der Waals surface area contributed by atoms with Gasteiger partial charge in [-0.25, -0.2) is 4.39 Å². The van der Waals surface area contributed by atoms with Gasteiger partial charge < -0.3 is 14.4 Å². The number of piperazine rings is 1. The quantitative estimate of drug-likeness (QED) is 0.811. The predicted molar refractivity (Wildman–Crippen MR) is 109 cm³/mol. The summed E-state index contributed by atoms with van der Waals surface area (Å²) in [4.78, 5) is 19.7.